The molecule has 0 aromatic heterocycles. The lowest BCUT2D eigenvalue weighted by molar-refractivity contribution is -0.385. The average Bonchev–Trinajstić information content (AvgIpc) is 2.53. The van der Waals surface area contributed by atoms with Crippen molar-refractivity contribution in [3.8, 4) is 0 Å². The van der Waals surface area contributed by atoms with E-state index in [1.165, 1.54) is 13.0 Å². The summed E-state index contributed by atoms with van der Waals surface area (Å²) in [6, 6.07) is 3.84. The quantitative estimate of drug-likeness (QED) is 0.463. The lowest BCUT2D eigenvalue weighted by Gasteiger charge is -2.20. The zero-order chi connectivity index (χ0) is 13.5. The van der Waals surface area contributed by atoms with Crippen molar-refractivity contribution in [3.05, 3.63) is 39.4 Å². The minimum Gasteiger partial charge on any atom is -0.320 e. The Morgan fingerprint density at radius 3 is 2.50 bits per heavy atom. The Kier molecular flexibility index (Phi) is 2.54. The van der Waals surface area contributed by atoms with Gasteiger partial charge in [0.1, 0.15) is 5.54 Å². The second-order valence-corrected chi connectivity index (χ2v) is 4.29. The van der Waals surface area contributed by atoms with E-state index in [0.29, 0.717) is 11.1 Å². The summed E-state index contributed by atoms with van der Waals surface area (Å²) in [6.07, 6.45) is 0. The first-order chi connectivity index (χ1) is 8.34. The topological polar surface area (TPSA) is 101 Å². The van der Waals surface area contributed by atoms with E-state index in [2.05, 4.69) is 10.6 Å². The maximum absolute atomic E-state index is 11.7. The summed E-state index contributed by atoms with van der Waals surface area (Å²) in [5.74, 6) is -0.523. The van der Waals surface area contributed by atoms with Crippen molar-refractivity contribution >= 4 is 17.6 Å². The third-order valence-corrected chi connectivity index (χ3v) is 3.03. The third kappa shape index (κ3) is 1.69. The molecule has 1 aromatic rings. The van der Waals surface area contributed by atoms with Crippen molar-refractivity contribution < 1.29 is 14.5 Å². The van der Waals surface area contributed by atoms with E-state index in [4.69, 9.17) is 0 Å². The first kappa shape index (κ1) is 12.0. The zero-order valence-corrected chi connectivity index (χ0v) is 9.81. The van der Waals surface area contributed by atoms with Gasteiger partial charge in [0.25, 0.3) is 11.6 Å². The number of hydrogen-bond donors (Lipinski definition) is 2. The second kappa shape index (κ2) is 3.80. The molecule has 94 valence electrons. The van der Waals surface area contributed by atoms with Crippen molar-refractivity contribution in [3.63, 3.8) is 0 Å². The first-order valence-corrected chi connectivity index (χ1v) is 5.24. The van der Waals surface area contributed by atoms with E-state index in [-0.39, 0.29) is 5.69 Å². The van der Waals surface area contributed by atoms with E-state index >= 15 is 0 Å². The van der Waals surface area contributed by atoms with Crippen LogP contribution in [0.5, 0.6) is 0 Å². The molecule has 7 nitrogen and oxygen atoms in total. The van der Waals surface area contributed by atoms with Crippen molar-refractivity contribution in [2.24, 2.45) is 0 Å². The number of carbonyl (C=O) groups excluding carboxylic acids is 2. The van der Waals surface area contributed by atoms with Gasteiger partial charge in [-0.15, -0.1) is 0 Å². The number of nitro benzene ring substituents is 1. The fraction of sp³-hybridized carbons (Fsp3) is 0.273. The molecule has 18 heavy (non-hydrogen) atoms. The summed E-state index contributed by atoms with van der Waals surface area (Å²) < 4.78 is 0. The molecular formula is C11H11N3O4. The molecule has 0 aliphatic carbocycles. The predicted octanol–water partition coefficient (Wildman–Crippen LogP) is 0.958. The number of hydrogen-bond acceptors (Lipinski definition) is 4. The van der Waals surface area contributed by atoms with E-state index in [1.54, 1.807) is 19.1 Å². The Labute approximate surface area is 102 Å². The van der Waals surface area contributed by atoms with Crippen LogP contribution in [0.25, 0.3) is 0 Å². The van der Waals surface area contributed by atoms with Crippen LogP contribution in [0, 0.1) is 17.0 Å². The predicted molar refractivity (Wildman–Crippen MR) is 61.9 cm³/mol. The fourth-order valence-electron chi connectivity index (χ4n) is 1.86. The van der Waals surface area contributed by atoms with Gasteiger partial charge in [-0.3, -0.25) is 20.2 Å². The lowest BCUT2D eigenvalue weighted by atomic mass is 9.91. The van der Waals surface area contributed by atoms with Crippen LogP contribution in [0.2, 0.25) is 0 Å². The number of carbonyl (C=O) groups is 2. The molecule has 2 N–H and O–H groups in total. The standard InChI is InChI=1S/C11H11N3O4/c1-6-3-4-7(5-8(6)14(17)18)11(2)9(15)12-10(16)13-11/h3-5H,1-2H3,(H2,12,13,15,16). The summed E-state index contributed by atoms with van der Waals surface area (Å²) in [4.78, 5) is 33.2. The normalized spacial score (nSPS) is 22.6. The maximum Gasteiger partial charge on any atom is 0.322 e. The van der Waals surface area contributed by atoms with E-state index in [9.17, 15) is 19.7 Å². The highest BCUT2D eigenvalue weighted by Crippen LogP contribution is 2.29. The zero-order valence-electron chi connectivity index (χ0n) is 9.81. The summed E-state index contributed by atoms with van der Waals surface area (Å²) in [7, 11) is 0. The van der Waals surface area contributed by atoms with Gasteiger partial charge in [0.05, 0.1) is 4.92 Å². The molecule has 0 radical (unpaired) electrons. The number of amides is 3. The van der Waals surface area contributed by atoms with Gasteiger partial charge < -0.3 is 5.32 Å². The van der Waals surface area contributed by atoms with Gasteiger partial charge in [0.2, 0.25) is 0 Å². The van der Waals surface area contributed by atoms with Crippen LogP contribution in [0.4, 0.5) is 10.5 Å². The van der Waals surface area contributed by atoms with E-state index in [0.717, 1.165) is 0 Å². The first-order valence-electron chi connectivity index (χ1n) is 5.24. The summed E-state index contributed by atoms with van der Waals surface area (Å²) >= 11 is 0. The Morgan fingerprint density at radius 1 is 1.33 bits per heavy atom. The van der Waals surface area contributed by atoms with Crippen LogP contribution < -0.4 is 10.6 Å². The van der Waals surface area contributed by atoms with Gasteiger partial charge in [-0.2, -0.15) is 0 Å². The minimum absolute atomic E-state index is 0.0809. The van der Waals surface area contributed by atoms with Gasteiger partial charge in [-0.25, -0.2) is 4.79 Å². The Bertz CT molecular complexity index is 569. The molecule has 1 aromatic carbocycles. The van der Waals surface area contributed by atoms with Gasteiger partial charge >= 0.3 is 6.03 Å². The molecule has 1 atom stereocenters. The van der Waals surface area contributed by atoms with E-state index in [1.807, 2.05) is 0 Å². The highest BCUT2D eigenvalue weighted by molar-refractivity contribution is 6.07. The number of nitro groups is 1. The summed E-state index contributed by atoms with van der Waals surface area (Å²) in [5.41, 5.74) is -0.474. The van der Waals surface area contributed by atoms with Crippen LogP contribution in [0.1, 0.15) is 18.1 Å². The number of nitrogens with one attached hydrogen (secondary N) is 2. The van der Waals surface area contributed by atoms with Gasteiger partial charge in [0.15, 0.2) is 0 Å². The smallest absolute Gasteiger partial charge is 0.320 e. The number of benzene rings is 1. The van der Waals surface area contributed by atoms with Crippen molar-refractivity contribution in [1.29, 1.82) is 0 Å². The molecule has 1 saturated heterocycles. The lowest BCUT2D eigenvalue weighted by Crippen LogP contribution is -2.40. The van der Waals surface area contributed by atoms with Crippen LogP contribution in [0.15, 0.2) is 18.2 Å². The molecule has 1 aliphatic rings. The van der Waals surface area contributed by atoms with Crippen LogP contribution in [-0.4, -0.2) is 16.9 Å². The maximum atomic E-state index is 11.7. The van der Waals surface area contributed by atoms with Crippen LogP contribution in [0.3, 0.4) is 0 Å². The second-order valence-electron chi connectivity index (χ2n) is 4.29. The number of rotatable bonds is 2. The van der Waals surface area contributed by atoms with Crippen LogP contribution in [-0.2, 0) is 10.3 Å². The number of imide groups is 1. The number of urea groups is 1. The van der Waals surface area contributed by atoms with E-state index < -0.39 is 22.4 Å². The molecule has 1 fully saturated rings. The monoisotopic (exact) mass is 249 g/mol. The van der Waals surface area contributed by atoms with Crippen LogP contribution >= 0.6 is 0 Å². The number of aryl methyl sites for hydroxylation is 1. The minimum atomic E-state index is -1.27. The Balaban J connectivity index is 2.52. The molecule has 2 rings (SSSR count). The third-order valence-electron chi connectivity index (χ3n) is 3.03. The molecule has 1 heterocycles. The fourth-order valence-corrected chi connectivity index (χ4v) is 1.86. The molecule has 7 heteroatoms. The molecule has 3 amide bonds. The number of nitrogens with zero attached hydrogens (tertiary/aromatic N) is 1. The highest BCUT2D eigenvalue weighted by Gasteiger charge is 2.44. The van der Waals surface area contributed by atoms with Crippen molar-refractivity contribution in [2.45, 2.75) is 19.4 Å². The molecule has 1 aliphatic heterocycles. The molecule has 0 saturated carbocycles. The summed E-state index contributed by atoms with van der Waals surface area (Å²) in [6.45, 7) is 3.11. The van der Waals surface area contributed by atoms with Gasteiger partial charge in [0, 0.05) is 11.6 Å². The largest absolute Gasteiger partial charge is 0.322 e. The molecule has 0 spiro atoms. The molecule has 1 unspecified atom stereocenters. The Morgan fingerprint density at radius 2 is 2.00 bits per heavy atom. The molecule has 0 bridgehead atoms. The van der Waals surface area contributed by atoms with Gasteiger partial charge in [-0.05, 0) is 19.4 Å². The van der Waals surface area contributed by atoms with Crippen molar-refractivity contribution in [1.82, 2.24) is 10.6 Å². The average molecular weight is 249 g/mol. The van der Waals surface area contributed by atoms with Gasteiger partial charge in [-0.1, -0.05) is 12.1 Å². The molecular weight excluding hydrogens is 238 g/mol. The van der Waals surface area contributed by atoms with Crippen molar-refractivity contribution in [2.75, 3.05) is 0 Å². The summed E-state index contributed by atoms with van der Waals surface area (Å²) in [5, 5.41) is 15.4. The highest BCUT2D eigenvalue weighted by atomic mass is 16.6. The Hall–Kier alpha value is -2.44. The SMILES string of the molecule is Cc1ccc(C2(C)NC(=O)NC2=O)cc1[N+](=O)[O-].